The van der Waals surface area contributed by atoms with Crippen LogP contribution < -0.4 is 5.32 Å². The molecule has 1 aromatic carbocycles. The number of aliphatic hydroxyl groups is 1. The van der Waals surface area contributed by atoms with E-state index in [1.165, 1.54) is 23.5 Å². The van der Waals surface area contributed by atoms with Crippen molar-refractivity contribution in [2.75, 3.05) is 0 Å². The van der Waals surface area contributed by atoms with Crippen molar-refractivity contribution in [3.05, 3.63) is 63.9 Å². The third kappa shape index (κ3) is 4.22. The Kier molecular flexibility index (Phi) is 5.41. The van der Waals surface area contributed by atoms with Crippen LogP contribution in [0.1, 0.15) is 23.5 Å². The van der Waals surface area contributed by atoms with Gasteiger partial charge in [-0.2, -0.15) is 0 Å². The van der Waals surface area contributed by atoms with Crippen LogP contribution in [0.15, 0.2) is 41.8 Å². The first-order valence-corrected chi connectivity index (χ1v) is 7.50. The summed E-state index contributed by atoms with van der Waals surface area (Å²) in [6.45, 7) is 1.59. The molecule has 1 amide bonds. The van der Waals surface area contributed by atoms with E-state index in [0.29, 0.717) is 0 Å². The number of amides is 1. The highest BCUT2D eigenvalue weighted by molar-refractivity contribution is 7.10. The van der Waals surface area contributed by atoms with Gasteiger partial charge in [0.2, 0.25) is 5.91 Å². The number of hydrogen-bond acceptors (Lipinski definition) is 3. The summed E-state index contributed by atoms with van der Waals surface area (Å²) in [6, 6.07) is 6.24. The molecule has 0 spiro atoms. The van der Waals surface area contributed by atoms with E-state index in [-0.39, 0.29) is 11.5 Å². The number of rotatable bonds is 5. The van der Waals surface area contributed by atoms with Crippen LogP contribution in [-0.2, 0) is 4.79 Å². The maximum absolute atomic E-state index is 13.2. The standard InChI is InChI=1S/C16H15F2NO2S/c1-10(16(21)11-4-6-13(17)14(18)9-11)19-15(20)7-5-12-3-2-8-22-12/h2-10,16,21H,1H3,(H,19,20)/b7-5+. The van der Waals surface area contributed by atoms with Crippen molar-refractivity contribution in [3.63, 3.8) is 0 Å². The van der Waals surface area contributed by atoms with Gasteiger partial charge in [-0.3, -0.25) is 4.79 Å². The molecule has 2 aromatic rings. The van der Waals surface area contributed by atoms with Crippen molar-refractivity contribution in [2.24, 2.45) is 0 Å². The van der Waals surface area contributed by atoms with Crippen LogP contribution in [0, 0.1) is 11.6 Å². The summed E-state index contributed by atoms with van der Waals surface area (Å²) < 4.78 is 26.0. The van der Waals surface area contributed by atoms with Gasteiger partial charge in [0.25, 0.3) is 0 Å². The molecule has 0 aliphatic carbocycles. The predicted octanol–water partition coefficient (Wildman–Crippen LogP) is 3.28. The molecule has 116 valence electrons. The first-order valence-electron chi connectivity index (χ1n) is 6.62. The summed E-state index contributed by atoms with van der Waals surface area (Å²) >= 11 is 1.50. The van der Waals surface area contributed by atoms with Crippen LogP contribution in [0.5, 0.6) is 0 Å². The van der Waals surface area contributed by atoms with Crippen LogP contribution in [0.2, 0.25) is 0 Å². The average Bonchev–Trinajstić information content (AvgIpc) is 3.00. The fourth-order valence-electron chi connectivity index (χ4n) is 1.88. The van der Waals surface area contributed by atoms with Crippen LogP contribution in [-0.4, -0.2) is 17.1 Å². The third-order valence-corrected chi connectivity index (χ3v) is 3.91. The summed E-state index contributed by atoms with van der Waals surface area (Å²) in [6.07, 6.45) is 1.89. The molecule has 1 heterocycles. The Bertz CT molecular complexity index is 671. The number of carbonyl (C=O) groups excluding carboxylic acids is 1. The lowest BCUT2D eigenvalue weighted by Crippen LogP contribution is -2.36. The van der Waals surface area contributed by atoms with Gasteiger partial charge in [-0.15, -0.1) is 11.3 Å². The van der Waals surface area contributed by atoms with E-state index >= 15 is 0 Å². The van der Waals surface area contributed by atoms with Crippen molar-refractivity contribution in [2.45, 2.75) is 19.1 Å². The molecule has 0 radical (unpaired) electrons. The topological polar surface area (TPSA) is 49.3 Å². The van der Waals surface area contributed by atoms with E-state index < -0.39 is 23.8 Å². The largest absolute Gasteiger partial charge is 0.386 e. The molecule has 0 saturated heterocycles. The fraction of sp³-hybridized carbons (Fsp3) is 0.188. The molecule has 2 atom stereocenters. The normalized spacial score (nSPS) is 14.0. The molecule has 22 heavy (non-hydrogen) atoms. The summed E-state index contributed by atoms with van der Waals surface area (Å²) in [5.74, 6) is -2.39. The minimum atomic E-state index is -1.13. The van der Waals surface area contributed by atoms with Gasteiger partial charge in [0.05, 0.1) is 12.1 Å². The van der Waals surface area contributed by atoms with Gasteiger partial charge in [0.15, 0.2) is 11.6 Å². The zero-order chi connectivity index (χ0) is 16.1. The highest BCUT2D eigenvalue weighted by atomic mass is 32.1. The molecule has 0 saturated carbocycles. The molecule has 1 aromatic heterocycles. The van der Waals surface area contributed by atoms with E-state index in [9.17, 15) is 18.7 Å². The molecule has 0 fully saturated rings. The van der Waals surface area contributed by atoms with Gasteiger partial charge in [-0.05, 0) is 42.1 Å². The second-order valence-electron chi connectivity index (χ2n) is 4.76. The summed E-state index contributed by atoms with van der Waals surface area (Å²) in [7, 11) is 0. The lowest BCUT2D eigenvalue weighted by molar-refractivity contribution is -0.117. The summed E-state index contributed by atoms with van der Waals surface area (Å²) in [5, 5.41) is 14.6. The van der Waals surface area contributed by atoms with Gasteiger partial charge >= 0.3 is 0 Å². The number of halogens is 2. The van der Waals surface area contributed by atoms with Gasteiger partial charge in [-0.25, -0.2) is 8.78 Å². The Hall–Kier alpha value is -2.05. The zero-order valence-electron chi connectivity index (χ0n) is 11.8. The predicted molar refractivity (Wildman–Crippen MR) is 82.3 cm³/mol. The molecule has 0 aliphatic heterocycles. The van der Waals surface area contributed by atoms with Crippen LogP contribution in [0.3, 0.4) is 0 Å². The second-order valence-corrected chi connectivity index (χ2v) is 5.74. The van der Waals surface area contributed by atoms with Crippen LogP contribution >= 0.6 is 11.3 Å². The Morgan fingerprint density at radius 2 is 2.09 bits per heavy atom. The molecule has 6 heteroatoms. The Morgan fingerprint density at radius 3 is 2.73 bits per heavy atom. The van der Waals surface area contributed by atoms with E-state index in [1.807, 2.05) is 17.5 Å². The van der Waals surface area contributed by atoms with E-state index in [1.54, 1.807) is 13.0 Å². The maximum Gasteiger partial charge on any atom is 0.244 e. The molecule has 2 unspecified atom stereocenters. The second kappa shape index (κ2) is 7.29. The summed E-state index contributed by atoms with van der Waals surface area (Å²) in [4.78, 5) is 12.7. The molecular weight excluding hydrogens is 308 g/mol. The molecule has 2 N–H and O–H groups in total. The number of carbonyl (C=O) groups is 1. The number of nitrogens with one attached hydrogen (secondary N) is 1. The van der Waals surface area contributed by atoms with Crippen LogP contribution in [0.4, 0.5) is 8.78 Å². The van der Waals surface area contributed by atoms with Crippen molar-refractivity contribution < 1.29 is 18.7 Å². The van der Waals surface area contributed by atoms with Gasteiger partial charge in [-0.1, -0.05) is 12.1 Å². The van der Waals surface area contributed by atoms with Crippen LogP contribution in [0.25, 0.3) is 6.08 Å². The number of aliphatic hydroxyl groups excluding tert-OH is 1. The monoisotopic (exact) mass is 323 g/mol. The average molecular weight is 323 g/mol. The molecule has 3 nitrogen and oxygen atoms in total. The van der Waals surface area contributed by atoms with Crippen molar-refractivity contribution in [3.8, 4) is 0 Å². The molecule has 0 bridgehead atoms. The Balaban J connectivity index is 1.97. The number of thiophene rings is 1. The van der Waals surface area contributed by atoms with Gasteiger partial charge in [0, 0.05) is 11.0 Å². The van der Waals surface area contributed by atoms with Crippen molar-refractivity contribution >= 4 is 23.3 Å². The zero-order valence-corrected chi connectivity index (χ0v) is 12.6. The minimum absolute atomic E-state index is 0.203. The number of benzene rings is 1. The smallest absolute Gasteiger partial charge is 0.244 e. The molecular formula is C16H15F2NO2S. The SMILES string of the molecule is CC(NC(=O)/C=C/c1cccs1)C(O)c1ccc(F)c(F)c1. The highest BCUT2D eigenvalue weighted by Gasteiger charge is 2.19. The number of hydrogen-bond donors (Lipinski definition) is 2. The molecule has 0 aliphatic rings. The minimum Gasteiger partial charge on any atom is -0.386 e. The first-order chi connectivity index (χ1) is 10.5. The fourth-order valence-corrected chi connectivity index (χ4v) is 2.50. The molecule has 2 rings (SSSR count). The van der Waals surface area contributed by atoms with E-state index in [2.05, 4.69) is 5.32 Å². The Labute approximate surface area is 130 Å². The van der Waals surface area contributed by atoms with Gasteiger partial charge in [0.1, 0.15) is 0 Å². The first kappa shape index (κ1) is 16.3. The quantitative estimate of drug-likeness (QED) is 0.830. The van der Waals surface area contributed by atoms with Crippen molar-refractivity contribution in [1.29, 1.82) is 0 Å². The lowest BCUT2D eigenvalue weighted by atomic mass is 10.0. The Morgan fingerprint density at radius 1 is 1.32 bits per heavy atom. The van der Waals surface area contributed by atoms with E-state index in [4.69, 9.17) is 0 Å². The maximum atomic E-state index is 13.2. The van der Waals surface area contributed by atoms with Gasteiger partial charge < -0.3 is 10.4 Å². The van der Waals surface area contributed by atoms with E-state index in [0.717, 1.165) is 17.0 Å². The van der Waals surface area contributed by atoms with Crippen molar-refractivity contribution in [1.82, 2.24) is 5.32 Å². The third-order valence-electron chi connectivity index (χ3n) is 3.07. The summed E-state index contributed by atoms with van der Waals surface area (Å²) in [5.41, 5.74) is 0.203. The lowest BCUT2D eigenvalue weighted by Gasteiger charge is -2.20. The highest BCUT2D eigenvalue weighted by Crippen LogP contribution is 2.19.